The maximum absolute atomic E-state index is 12.9. The van der Waals surface area contributed by atoms with Gasteiger partial charge in [0.1, 0.15) is 12.6 Å². The Labute approximate surface area is 222 Å². The molecule has 1 heterocycles. The van der Waals surface area contributed by atoms with Crippen LogP contribution in [0.15, 0.2) is 78.9 Å². The molecule has 2 fully saturated rings. The summed E-state index contributed by atoms with van der Waals surface area (Å²) in [5.41, 5.74) is 3.96. The lowest BCUT2D eigenvalue weighted by molar-refractivity contribution is -0.120. The summed E-state index contributed by atoms with van der Waals surface area (Å²) in [5, 5.41) is 5.82. The Morgan fingerprint density at radius 1 is 0.763 bits per heavy atom. The molecule has 1 aliphatic heterocycles. The first kappa shape index (κ1) is 25.1. The van der Waals surface area contributed by atoms with Crippen molar-refractivity contribution in [3.8, 4) is 11.8 Å². The number of hydrogen-bond donors (Lipinski definition) is 2. The van der Waals surface area contributed by atoms with Gasteiger partial charge in [-0.3, -0.25) is 14.5 Å². The van der Waals surface area contributed by atoms with Gasteiger partial charge in [0.05, 0.1) is 0 Å². The number of ether oxygens (including phenoxy) is 1. The van der Waals surface area contributed by atoms with Crippen LogP contribution in [0.3, 0.4) is 0 Å². The maximum atomic E-state index is 12.9. The van der Waals surface area contributed by atoms with E-state index in [0.717, 1.165) is 41.6 Å². The van der Waals surface area contributed by atoms with E-state index < -0.39 is 12.1 Å². The summed E-state index contributed by atoms with van der Waals surface area (Å²) in [6.45, 7) is 0.669. The second-order valence-corrected chi connectivity index (χ2v) is 9.55. The highest BCUT2D eigenvalue weighted by molar-refractivity contribution is 5.97. The molecule has 2 N–H and O–H groups in total. The molecule has 3 amide bonds. The van der Waals surface area contributed by atoms with Gasteiger partial charge in [0, 0.05) is 35.0 Å². The Bertz CT molecular complexity index is 1350. The van der Waals surface area contributed by atoms with Gasteiger partial charge in [0.25, 0.3) is 0 Å². The van der Waals surface area contributed by atoms with Crippen LogP contribution >= 0.6 is 0 Å². The first-order valence-corrected chi connectivity index (χ1v) is 12.9. The zero-order valence-electron chi connectivity index (χ0n) is 21.0. The Morgan fingerprint density at radius 2 is 1.34 bits per heavy atom. The van der Waals surface area contributed by atoms with E-state index in [9.17, 15) is 14.4 Å². The van der Waals surface area contributed by atoms with Crippen molar-refractivity contribution in [3.05, 3.63) is 95.6 Å². The molecular weight excluding hydrogens is 478 g/mol. The van der Waals surface area contributed by atoms with Crippen molar-refractivity contribution in [2.24, 2.45) is 5.92 Å². The number of rotatable bonds is 6. The smallest absolute Gasteiger partial charge is 0.410 e. The molecule has 1 saturated heterocycles. The third-order valence-corrected chi connectivity index (χ3v) is 6.60. The minimum absolute atomic E-state index is 0.0830. The van der Waals surface area contributed by atoms with E-state index in [-0.39, 0.29) is 24.3 Å². The molecule has 3 aromatic rings. The molecule has 1 atom stereocenters. The second kappa shape index (κ2) is 11.7. The largest absolute Gasteiger partial charge is 0.445 e. The minimum Gasteiger partial charge on any atom is -0.445 e. The topological polar surface area (TPSA) is 87.7 Å². The van der Waals surface area contributed by atoms with Gasteiger partial charge in [0.2, 0.25) is 11.8 Å². The number of hydrogen-bond acceptors (Lipinski definition) is 4. The van der Waals surface area contributed by atoms with Gasteiger partial charge in [0.15, 0.2) is 0 Å². The van der Waals surface area contributed by atoms with E-state index in [1.54, 1.807) is 12.1 Å². The number of carbonyl (C=O) groups excluding carboxylic acids is 3. The molecule has 1 saturated carbocycles. The van der Waals surface area contributed by atoms with Crippen molar-refractivity contribution in [2.75, 3.05) is 17.2 Å². The number of anilines is 2. The van der Waals surface area contributed by atoms with Crippen molar-refractivity contribution >= 4 is 29.3 Å². The number of nitrogens with one attached hydrogen (secondary N) is 2. The predicted molar refractivity (Wildman–Crippen MR) is 145 cm³/mol. The van der Waals surface area contributed by atoms with Gasteiger partial charge in [-0.15, -0.1) is 0 Å². The van der Waals surface area contributed by atoms with Crippen molar-refractivity contribution in [1.82, 2.24) is 4.90 Å². The lowest BCUT2D eigenvalue weighted by Crippen LogP contribution is -2.43. The summed E-state index contributed by atoms with van der Waals surface area (Å²) in [7, 11) is 0. The minimum atomic E-state index is -0.560. The highest BCUT2D eigenvalue weighted by Gasteiger charge is 2.35. The molecule has 0 aromatic heterocycles. The lowest BCUT2D eigenvalue weighted by Gasteiger charge is -2.23. The molecule has 7 nitrogen and oxygen atoms in total. The zero-order valence-corrected chi connectivity index (χ0v) is 21.0. The maximum Gasteiger partial charge on any atom is 0.410 e. The average Bonchev–Trinajstić information content (AvgIpc) is 3.69. The van der Waals surface area contributed by atoms with Gasteiger partial charge >= 0.3 is 6.09 Å². The van der Waals surface area contributed by atoms with Gasteiger partial charge < -0.3 is 15.4 Å². The molecule has 0 bridgehead atoms. The van der Waals surface area contributed by atoms with Gasteiger partial charge in [-0.05, 0) is 79.8 Å². The summed E-state index contributed by atoms with van der Waals surface area (Å²) in [5.74, 6) is 6.25. The number of nitrogens with zero attached hydrogens (tertiary/aromatic N) is 1. The van der Waals surface area contributed by atoms with Gasteiger partial charge in [-0.1, -0.05) is 42.2 Å². The van der Waals surface area contributed by atoms with E-state index in [0.29, 0.717) is 18.7 Å². The third-order valence-electron chi connectivity index (χ3n) is 6.60. The summed E-state index contributed by atoms with van der Waals surface area (Å²) < 4.78 is 5.43. The fraction of sp³-hybridized carbons (Fsp3) is 0.258. The quantitative estimate of drug-likeness (QED) is 0.451. The third kappa shape index (κ3) is 6.60. The van der Waals surface area contributed by atoms with Crippen LogP contribution in [0.4, 0.5) is 16.2 Å². The summed E-state index contributed by atoms with van der Waals surface area (Å²) in [4.78, 5) is 38.9. The molecule has 1 aliphatic carbocycles. The average molecular weight is 508 g/mol. The van der Waals surface area contributed by atoms with E-state index >= 15 is 0 Å². The molecule has 3 aromatic carbocycles. The Kier molecular flexibility index (Phi) is 7.70. The molecule has 2 aliphatic rings. The highest BCUT2D eigenvalue weighted by Crippen LogP contribution is 2.30. The van der Waals surface area contributed by atoms with Gasteiger partial charge in [-0.25, -0.2) is 4.79 Å². The Morgan fingerprint density at radius 3 is 1.92 bits per heavy atom. The predicted octanol–water partition coefficient (Wildman–Crippen LogP) is 5.17. The Hall–Kier alpha value is -4.57. The van der Waals surface area contributed by atoms with Crippen LogP contribution in [-0.2, 0) is 20.9 Å². The number of amides is 3. The van der Waals surface area contributed by atoms with Crippen LogP contribution in [-0.4, -0.2) is 35.4 Å². The van der Waals surface area contributed by atoms with E-state index in [1.807, 2.05) is 66.7 Å². The summed E-state index contributed by atoms with van der Waals surface area (Å²) in [6.07, 6.45) is 2.82. The van der Waals surface area contributed by atoms with Crippen molar-refractivity contribution < 1.29 is 19.1 Å². The zero-order chi connectivity index (χ0) is 26.3. The van der Waals surface area contributed by atoms with Crippen molar-refractivity contribution in [3.63, 3.8) is 0 Å². The van der Waals surface area contributed by atoms with E-state index in [1.165, 1.54) is 4.90 Å². The first-order chi connectivity index (χ1) is 18.5. The molecule has 0 unspecified atom stereocenters. The molecule has 5 rings (SSSR count). The molecule has 0 spiro atoms. The monoisotopic (exact) mass is 507 g/mol. The fourth-order valence-corrected chi connectivity index (χ4v) is 4.29. The number of likely N-dealkylation sites (tertiary alicyclic amines) is 1. The molecule has 7 heteroatoms. The van der Waals surface area contributed by atoms with Crippen LogP contribution in [0.2, 0.25) is 0 Å². The normalized spacial score (nSPS) is 16.2. The van der Waals surface area contributed by atoms with Gasteiger partial charge in [-0.2, -0.15) is 0 Å². The first-order valence-electron chi connectivity index (χ1n) is 12.9. The van der Waals surface area contributed by atoms with Crippen LogP contribution in [0.5, 0.6) is 0 Å². The highest BCUT2D eigenvalue weighted by atomic mass is 16.6. The van der Waals surface area contributed by atoms with Crippen LogP contribution in [0, 0.1) is 17.8 Å². The van der Waals surface area contributed by atoms with Crippen LogP contribution in [0.25, 0.3) is 0 Å². The lowest BCUT2D eigenvalue weighted by atomic mass is 10.1. The van der Waals surface area contributed by atoms with Crippen molar-refractivity contribution in [1.29, 1.82) is 0 Å². The van der Waals surface area contributed by atoms with Crippen LogP contribution in [0.1, 0.15) is 42.4 Å². The second-order valence-electron chi connectivity index (χ2n) is 9.55. The molecule has 38 heavy (non-hydrogen) atoms. The molecule has 192 valence electrons. The standard InChI is InChI=1S/C31H29N3O4/c35-29(25-14-15-25)32-26-16-10-22(11-17-26)8-9-23-12-18-27(19-13-23)33-30(36)28-7-4-20-34(28)31(37)38-21-24-5-2-1-3-6-24/h1-3,5-6,10-13,16-19,25,28H,4,7,14-15,20-21H2,(H,32,35)(H,33,36)/t28-/m0/s1. The fourth-order valence-electron chi connectivity index (χ4n) is 4.29. The molecular formula is C31H29N3O4. The summed E-state index contributed by atoms with van der Waals surface area (Å²) >= 11 is 0. The number of benzene rings is 3. The summed E-state index contributed by atoms with van der Waals surface area (Å²) in [6, 6.07) is 23.6. The van der Waals surface area contributed by atoms with Crippen LogP contribution < -0.4 is 10.6 Å². The van der Waals surface area contributed by atoms with E-state index in [4.69, 9.17) is 4.74 Å². The van der Waals surface area contributed by atoms with Crippen molar-refractivity contribution in [2.45, 2.75) is 38.3 Å². The molecule has 0 radical (unpaired) electrons. The number of carbonyl (C=O) groups is 3. The van der Waals surface area contributed by atoms with E-state index in [2.05, 4.69) is 22.5 Å². The SMILES string of the molecule is O=C(Nc1ccc(C#Cc2ccc(NC(=O)[C@@H]3CCCN3C(=O)OCc3ccccc3)cc2)cc1)C1CC1. The Balaban J connectivity index is 1.13.